The summed E-state index contributed by atoms with van der Waals surface area (Å²) in [6.45, 7) is 2.06. The van der Waals surface area contributed by atoms with Crippen LogP contribution in [0.15, 0.2) is 22.6 Å². The molecule has 0 spiro atoms. The fourth-order valence-electron chi connectivity index (χ4n) is 3.36. The number of rotatable bonds is 4. The number of hydrogen-bond acceptors (Lipinski definition) is 4. The summed E-state index contributed by atoms with van der Waals surface area (Å²) in [5.41, 5.74) is 2.37. The Morgan fingerprint density at radius 1 is 1.38 bits per heavy atom. The summed E-state index contributed by atoms with van der Waals surface area (Å²) >= 11 is -0.225. The standard InChI is InChI=1S/C16H19INO3/c1-2-16(17-18-16)14(19)21-15(8-4-3-5-9-15)12-10-11-6-7-13(12)20-11/h6-7,10,18H,2-5,8-9H2,1H3/q-1. The number of carbonyl (C=O) groups is 1. The predicted octanol–water partition coefficient (Wildman–Crippen LogP) is 0.287. The summed E-state index contributed by atoms with van der Waals surface area (Å²) in [7, 11) is 0. The average molecular weight is 400 g/mol. The number of hydrogen-bond donors (Lipinski definition) is 1. The molecule has 0 aromatic carbocycles. The first kappa shape index (κ1) is 13.8. The van der Waals surface area contributed by atoms with E-state index in [0.717, 1.165) is 48.8 Å². The third-order valence-corrected chi connectivity index (χ3v) is 7.80. The molecule has 1 aliphatic carbocycles. The molecule has 1 saturated heterocycles. The van der Waals surface area contributed by atoms with Gasteiger partial charge in [-0.3, -0.25) is 0 Å². The molecular formula is C16H19INO3-. The molecule has 1 aliphatic heterocycles. The van der Waals surface area contributed by atoms with Gasteiger partial charge in [0.15, 0.2) is 0 Å². The van der Waals surface area contributed by atoms with Crippen molar-refractivity contribution < 1.29 is 35.4 Å². The van der Waals surface area contributed by atoms with Gasteiger partial charge in [0, 0.05) is 0 Å². The van der Waals surface area contributed by atoms with Gasteiger partial charge in [0.2, 0.25) is 0 Å². The van der Waals surface area contributed by atoms with Crippen LogP contribution in [0.2, 0.25) is 0 Å². The first-order valence-electron chi connectivity index (χ1n) is 7.65. The van der Waals surface area contributed by atoms with Gasteiger partial charge < -0.3 is 0 Å². The molecule has 0 amide bonds. The second kappa shape index (κ2) is 4.84. The Hall–Kier alpha value is -0.820. The summed E-state index contributed by atoms with van der Waals surface area (Å²) in [4.78, 5) is 12.6. The number of ether oxygens (including phenoxy) is 1. The molecule has 2 bridgehead atoms. The zero-order valence-electron chi connectivity index (χ0n) is 12.1. The van der Waals surface area contributed by atoms with Crippen LogP contribution in [-0.4, -0.2) is 9.51 Å². The number of nitrogens with one attached hydrogen (secondary N) is 1. The SMILES string of the molecule is CCC1(C(=O)OC2(c3cc4ccc3o4)CCCCC2)N[I-]1. The number of halogens is 1. The molecule has 2 aromatic heterocycles. The summed E-state index contributed by atoms with van der Waals surface area (Å²) in [6, 6.07) is 6.02. The zero-order chi connectivity index (χ0) is 14.5. The van der Waals surface area contributed by atoms with E-state index in [1.807, 2.05) is 12.1 Å². The van der Waals surface area contributed by atoms with Crippen LogP contribution in [0.25, 0.3) is 11.2 Å². The van der Waals surface area contributed by atoms with Crippen LogP contribution in [0, 0.1) is 0 Å². The van der Waals surface area contributed by atoms with E-state index in [4.69, 9.17) is 9.15 Å². The normalized spacial score (nSPS) is 28.2. The number of alkyl halides is 1. The summed E-state index contributed by atoms with van der Waals surface area (Å²) < 4.78 is 14.8. The van der Waals surface area contributed by atoms with E-state index < -0.39 is 5.60 Å². The van der Waals surface area contributed by atoms with Crippen molar-refractivity contribution in [1.82, 2.24) is 3.53 Å². The van der Waals surface area contributed by atoms with E-state index in [2.05, 4.69) is 16.5 Å². The van der Waals surface area contributed by atoms with Gasteiger partial charge in [0.25, 0.3) is 0 Å². The van der Waals surface area contributed by atoms with Crippen LogP contribution in [0.4, 0.5) is 0 Å². The number of benzene rings is 1. The van der Waals surface area contributed by atoms with Gasteiger partial charge in [-0.15, -0.1) is 0 Å². The third kappa shape index (κ3) is 2.16. The molecule has 2 aliphatic rings. The van der Waals surface area contributed by atoms with E-state index >= 15 is 0 Å². The van der Waals surface area contributed by atoms with Crippen molar-refractivity contribution >= 4 is 17.1 Å². The molecule has 2 aromatic rings. The number of carbonyl (C=O) groups excluding carboxylic acids is 1. The number of furan rings is 2. The van der Waals surface area contributed by atoms with E-state index in [1.165, 1.54) is 6.42 Å². The second-order valence-electron chi connectivity index (χ2n) is 6.05. The van der Waals surface area contributed by atoms with Crippen molar-refractivity contribution in [3.8, 4) is 0 Å². The van der Waals surface area contributed by atoms with Gasteiger partial charge in [0.05, 0.1) is 0 Å². The number of fused-ring (bicyclic) bond motifs is 2. The molecule has 1 N–H and O–H groups in total. The predicted molar refractivity (Wildman–Crippen MR) is 74.4 cm³/mol. The minimum absolute atomic E-state index is 0.0436. The molecule has 1 unspecified atom stereocenters. The van der Waals surface area contributed by atoms with Crippen LogP contribution in [0.3, 0.4) is 0 Å². The maximum atomic E-state index is 12.6. The molecule has 21 heavy (non-hydrogen) atoms. The Morgan fingerprint density at radius 2 is 2.14 bits per heavy atom. The Morgan fingerprint density at radius 3 is 2.67 bits per heavy atom. The topological polar surface area (TPSA) is 61.4 Å². The maximum absolute atomic E-state index is 12.6. The van der Waals surface area contributed by atoms with E-state index in [9.17, 15) is 4.79 Å². The van der Waals surface area contributed by atoms with Crippen molar-refractivity contribution in [1.29, 1.82) is 0 Å². The van der Waals surface area contributed by atoms with Crippen LogP contribution >= 0.6 is 0 Å². The van der Waals surface area contributed by atoms with Crippen molar-refractivity contribution in [2.24, 2.45) is 0 Å². The van der Waals surface area contributed by atoms with Gasteiger partial charge in [-0.2, -0.15) is 0 Å². The van der Waals surface area contributed by atoms with E-state index in [0.29, 0.717) is 0 Å². The summed E-state index contributed by atoms with van der Waals surface area (Å²) in [6.07, 6.45) is 6.10. The van der Waals surface area contributed by atoms with Crippen LogP contribution in [0.1, 0.15) is 51.0 Å². The zero-order valence-corrected chi connectivity index (χ0v) is 14.2. The first-order valence-corrected chi connectivity index (χ1v) is 9.81. The molecule has 1 atom stereocenters. The van der Waals surface area contributed by atoms with Crippen molar-refractivity contribution in [2.45, 2.75) is 54.6 Å². The fourth-order valence-corrected chi connectivity index (χ4v) is 5.00. The quantitative estimate of drug-likeness (QED) is 0.200. The molecule has 3 heterocycles. The molecule has 4 rings (SSSR count). The molecule has 1 saturated carbocycles. The van der Waals surface area contributed by atoms with Gasteiger partial charge in [-0.05, 0) is 0 Å². The van der Waals surface area contributed by atoms with Gasteiger partial charge in [0.1, 0.15) is 0 Å². The van der Waals surface area contributed by atoms with E-state index in [-0.39, 0.29) is 31.0 Å². The van der Waals surface area contributed by atoms with Crippen LogP contribution in [0.5, 0.6) is 0 Å². The third-order valence-electron chi connectivity index (χ3n) is 4.75. The Labute approximate surface area is 134 Å². The molecule has 2 fully saturated rings. The average Bonchev–Trinajstić information content (AvgIpc) is 3.03. The molecule has 4 nitrogen and oxygen atoms in total. The Kier molecular flexibility index (Phi) is 3.19. The van der Waals surface area contributed by atoms with Crippen molar-refractivity contribution in [2.75, 3.05) is 0 Å². The molecule has 5 heteroatoms. The summed E-state index contributed by atoms with van der Waals surface area (Å²) in [5.74, 6) is -0.0436. The Balaban J connectivity index is 1.67. The van der Waals surface area contributed by atoms with Gasteiger partial charge in [-0.1, -0.05) is 0 Å². The van der Waals surface area contributed by atoms with E-state index in [1.54, 1.807) is 0 Å². The minimum atomic E-state index is -0.465. The van der Waals surface area contributed by atoms with Crippen molar-refractivity contribution in [3.05, 3.63) is 23.8 Å². The Bertz CT molecular complexity index is 655. The molecule has 0 radical (unpaired) electrons. The van der Waals surface area contributed by atoms with Gasteiger partial charge >= 0.3 is 134 Å². The molecule has 114 valence electrons. The van der Waals surface area contributed by atoms with Crippen molar-refractivity contribution in [3.63, 3.8) is 0 Å². The van der Waals surface area contributed by atoms with Crippen LogP contribution in [-0.2, 0) is 15.1 Å². The second-order valence-corrected chi connectivity index (χ2v) is 8.97. The molecular weight excluding hydrogens is 381 g/mol. The monoisotopic (exact) mass is 400 g/mol. The van der Waals surface area contributed by atoms with Gasteiger partial charge in [-0.25, -0.2) is 0 Å². The fraction of sp³-hybridized carbons (Fsp3) is 0.562. The first-order chi connectivity index (χ1) is 10.2. The van der Waals surface area contributed by atoms with Crippen LogP contribution < -0.4 is 25.0 Å². The number of esters is 1. The summed E-state index contributed by atoms with van der Waals surface area (Å²) in [5, 5.41) is 0.